The van der Waals surface area contributed by atoms with Gasteiger partial charge >= 0.3 is 0 Å². The van der Waals surface area contributed by atoms with Crippen LogP contribution in [0.15, 0.2) is 260 Å². The van der Waals surface area contributed by atoms with Gasteiger partial charge in [-0.15, -0.1) is 11.3 Å². The molecule has 0 bridgehead atoms. The van der Waals surface area contributed by atoms with E-state index >= 15 is 0 Å². The highest BCUT2D eigenvalue weighted by Gasteiger charge is 2.48. The molecule has 0 unspecified atom stereocenters. The highest BCUT2D eigenvalue weighted by atomic mass is 32.1. The van der Waals surface area contributed by atoms with Gasteiger partial charge in [-0.2, -0.15) is 0 Å². The topological polar surface area (TPSA) is 3.24 Å². The van der Waals surface area contributed by atoms with E-state index in [1.807, 2.05) is 34.5 Å². The SMILES string of the molecule is [2H]c1c([2H])c(N(c2ccc3c(c2)-c2ccccc2C3(c2ccccc2)c2ccccc2)c2cccc3c2-c2ccccc2C3(c2ccccc2)c2ccccc2)c([2H])c([2H])c1-c1cccc2ccsc12. The molecule has 2 aliphatic rings. The van der Waals surface area contributed by atoms with Crippen LogP contribution in [-0.4, -0.2) is 0 Å². The maximum atomic E-state index is 10.1. The van der Waals surface area contributed by atoms with Gasteiger partial charge in [0, 0.05) is 21.6 Å². The molecule has 0 amide bonds. The minimum absolute atomic E-state index is 0.0866. The molecule has 0 radical (unpaired) electrons. The maximum absolute atomic E-state index is 10.1. The summed E-state index contributed by atoms with van der Waals surface area (Å²) in [6.45, 7) is 0. The molecule has 13 rings (SSSR count). The Morgan fingerprint density at radius 3 is 1.47 bits per heavy atom. The van der Waals surface area contributed by atoms with Gasteiger partial charge in [0.15, 0.2) is 0 Å². The Hall–Kier alpha value is -8.04. The third-order valence-electron chi connectivity index (χ3n) is 14.0. The molecular formula is C64H43NS. The van der Waals surface area contributed by atoms with Crippen LogP contribution in [0, 0.1) is 0 Å². The number of benzene rings is 10. The highest BCUT2D eigenvalue weighted by molar-refractivity contribution is 7.17. The third kappa shape index (κ3) is 5.52. The van der Waals surface area contributed by atoms with Crippen molar-refractivity contribution in [1.29, 1.82) is 0 Å². The van der Waals surface area contributed by atoms with Crippen molar-refractivity contribution in [2.45, 2.75) is 10.8 Å². The lowest BCUT2D eigenvalue weighted by Crippen LogP contribution is -2.28. The van der Waals surface area contributed by atoms with Crippen molar-refractivity contribution in [3.8, 4) is 33.4 Å². The molecule has 66 heavy (non-hydrogen) atoms. The molecule has 0 atom stereocenters. The predicted molar refractivity (Wildman–Crippen MR) is 277 cm³/mol. The zero-order chi connectivity index (χ0) is 47.1. The molecular weight excluding hydrogens is 815 g/mol. The van der Waals surface area contributed by atoms with Crippen molar-refractivity contribution >= 4 is 38.5 Å². The summed E-state index contributed by atoms with van der Waals surface area (Å²) in [7, 11) is 0. The third-order valence-corrected chi connectivity index (χ3v) is 14.9. The fraction of sp³-hybridized carbons (Fsp3) is 0.0312. The molecule has 0 spiro atoms. The van der Waals surface area contributed by atoms with Gasteiger partial charge in [0.25, 0.3) is 0 Å². The molecule has 2 aliphatic carbocycles. The molecule has 1 nitrogen and oxygen atoms in total. The first-order chi connectivity index (χ1) is 34.4. The Morgan fingerprint density at radius 1 is 0.364 bits per heavy atom. The Bertz CT molecular complexity index is 3720. The van der Waals surface area contributed by atoms with E-state index in [0.29, 0.717) is 11.1 Å². The molecule has 0 saturated heterocycles. The molecule has 0 saturated carbocycles. The minimum atomic E-state index is -0.712. The molecule has 1 aromatic heterocycles. The van der Waals surface area contributed by atoms with Crippen LogP contribution in [0.3, 0.4) is 0 Å². The molecule has 0 fully saturated rings. The van der Waals surface area contributed by atoms with Gasteiger partial charge < -0.3 is 4.90 Å². The first kappa shape index (κ1) is 34.4. The molecule has 2 heteroatoms. The number of hydrogen-bond acceptors (Lipinski definition) is 2. The van der Waals surface area contributed by atoms with Crippen LogP contribution in [0.5, 0.6) is 0 Å². The molecule has 0 aliphatic heterocycles. The molecule has 10 aromatic carbocycles. The molecule has 11 aromatic rings. The standard InChI is InChI=1S/C64H43NS/c1-5-20-46(21-6-1)63(47-22-7-2-8-23-47)56-31-15-13-28-53(56)55-43-51(39-40-58(55)63)65(50-37-35-44(36-38-50)52-30-17-19-45-41-42-66-62(45)52)60-34-18-33-59-61(60)54-29-14-16-32-57(54)64(59,48-24-9-3-10-25-48)49-26-11-4-12-27-49/h1-43H/i35D,36D,37D,38D. The lowest BCUT2D eigenvalue weighted by atomic mass is 9.67. The van der Waals surface area contributed by atoms with Crippen LogP contribution in [0.2, 0.25) is 0 Å². The summed E-state index contributed by atoms with van der Waals surface area (Å²) in [6.07, 6.45) is 0. The van der Waals surface area contributed by atoms with Gasteiger partial charge in [0.05, 0.1) is 22.0 Å². The van der Waals surface area contributed by atoms with E-state index in [1.54, 1.807) is 11.3 Å². The van der Waals surface area contributed by atoms with Gasteiger partial charge in [0.2, 0.25) is 0 Å². The summed E-state index contributed by atoms with van der Waals surface area (Å²) in [5.74, 6) is 0. The summed E-state index contributed by atoms with van der Waals surface area (Å²) < 4.78 is 40.9. The average molecular weight is 862 g/mol. The first-order valence-corrected chi connectivity index (χ1v) is 23.4. The fourth-order valence-electron chi connectivity index (χ4n) is 11.4. The zero-order valence-corrected chi connectivity index (χ0v) is 36.7. The van der Waals surface area contributed by atoms with E-state index in [4.69, 9.17) is 0 Å². The normalized spacial score (nSPS) is 14.5. The van der Waals surface area contributed by atoms with E-state index < -0.39 is 10.8 Å². The molecule has 0 N–H and O–H groups in total. The van der Waals surface area contributed by atoms with E-state index in [-0.39, 0.29) is 29.9 Å². The second kappa shape index (κ2) is 15.3. The summed E-state index contributed by atoms with van der Waals surface area (Å²) in [5.41, 5.74) is 14.5. The van der Waals surface area contributed by atoms with Crippen LogP contribution in [0.1, 0.15) is 50.0 Å². The van der Waals surface area contributed by atoms with Crippen LogP contribution >= 0.6 is 11.3 Å². The maximum Gasteiger partial charge on any atom is 0.0714 e. The number of fused-ring (bicyclic) bond motifs is 7. The number of anilines is 3. The van der Waals surface area contributed by atoms with Crippen LogP contribution in [-0.2, 0) is 10.8 Å². The lowest BCUT2D eigenvalue weighted by Gasteiger charge is -2.35. The molecule has 310 valence electrons. The second-order valence-corrected chi connectivity index (χ2v) is 18.1. The van der Waals surface area contributed by atoms with Gasteiger partial charge in [0.1, 0.15) is 0 Å². The van der Waals surface area contributed by atoms with Crippen LogP contribution in [0.25, 0.3) is 43.5 Å². The largest absolute Gasteiger partial charge is 0.310 e. The fourth-order valence-corrected chi connectivity index (χ4v) is 12.3. The summed E-state index contributed by atoms with van der Waals surface area (Å²) in [4.78, 5) is 2.02. The summed E-state index contributed by atoms with van der Waals surface area (Å²) in [5, 5.41) is 3.01. The van der Waals surface area contributed by atoms with Gasteiger partial charge in [-0.1, -0.05) is 218 Å². The smallest absolute Gasteiger partial charge is 0.0714 e. The van der Waals surface area contributed by atoms with Crippen molar-refractivity contribution in [2.24, 2.45) is 0 Å². The van der Waals surface area contributed by atoms with Gasteiger partial charge in [-0.05, 0) is 119 Å². The number of thiophene rings is 1. The van der Waals surface area contributed by atoms with Crippen LogP contribution < -0.4 is 4.90 Å². The Labute approximate surface area is 395 Å². The lowest BCUT2D eigenvalue weighted by molar-refractivity contribution is 0.768. The summed E-state index contributed by atoms with van der Waals surface area (Å²) >= 11 is 1.55. The quantitative estimate of drug-likeness (QED) is 0.147. The minimum Gasteiger partial charge on any atom is -0.310 e. The molecule has 1 heterocycles. The average Bonchev–Trinajstić information content (AvgIpc) is 4.12. The second-order valence-electron chi connectivity index (χ2n) is 17.2. The van der Waals surface area contributed by atoms with E-state index in [2.05, 4.69) is 206 Å². The van der Waals surface area contributed by atoms with Crippen molar-refractivity contribution in [1.82, 2.24) is 0 Å². The van der Waals surface area contributed by atoms with Crippen LogP contribution in [0.4, 0.5) is 17.1 Å². The zero-order valence-electron chi connectivity index (χ0n) is 39.9. The first-order valence-electron chi connectivity index (χ1n) is 24.5. The predicted octanol–water partition coefficient (Wildman–Crippen LogP) is 16.8. The van der Waals surface area contributed by atoms with Crippen molar-refractivity contribution < 1.29 is 5.48 Å². The van der Waals surface area contributed by atoms with Crippen molar-refractivity contribution in [2.75, 3.05) is 4.90 Å². The Kier molecular flexibility index (Phi) is 7.97. The van der Waals surface area contributed by atoms with E-state index in [0.717, 1.165) is 82.7 Å². The van der Waals surface area contributed by atoms with E-state index in [1.165, 1.54) is 5.56 Å². The van der Waals surface area contributed by atoms with Gasteiger partial charge in [-0.3, -0.25) is 0 Å². The van der Waals surface area contributed by atoms with Crippen molar-refractivity contribution in [3.05, 3.63) is 305 Å². The number of rotatable bonds is 8. The number of nitrogens with zero attached hydrogens (tertiary/aromatic N) is 1. The van der Waals surface area contributed by atoms with Gasteiger partial charge in [-0.25, -0.2) is 0 Å². The summed E-state index contributed by atoms with van der Waals surface area (Å²) in [6, 6.07) is 80.6. The Balaban J connectivity index is 1.14. The number of hydrogen-bond donors (Lipinski definition) is 0. The highest BCUT2D eigenvalue weighted by Crippen LogP contribution is 2.61. The van der Waals surface area contributed by atoms with Crippen molar-refractivity contribution in [3.63, 3.8) is 0 Å². The van der Waals surface area contributed by atoms with E-state index in [9.17, 15) is 5.48 Å². The monoisotopic (exact) mass is 861 g/mol. The Morgan fingerprint density at radius 2 is 0.848 bits per heavy atom.